The Kier molecular flexibility index (Phi) is 7.47. The topological polar surface area (TPSA) is 27.7 Å². The first-order chi connectivity index (χ1) is 17.3. The molecule has 37 heavy (non-hydrogen) atoms. The van der Waals surface area contributed by atoms with E-state index in [0.717, 1.165) is 0 Å². The summed E-state index contributed by atoms with van der Waals surface area (Å²) in [5.74, 6) is -39.4. The van der Waals surface area contributed by atoms with Crippen LogP contribution in [0.2, 0.25) is 0 Å². The normalized spacial score (nSPS) is 11.4. The van der Waals surface area contributed by atoms with Gasteiger partial charge in [-0.1, -0.05) is 0 Å². The molecule has 0 fully saturated rings. The molecule has 3 aromatic rings. The van der Waals surface area contributed by atoms with Crippen LogP contribution in [-0.4, -0.2) is 21.3 Å². The van der Waals surface area contributed by atoms with Crippen LogP contribution in [0, 0.1) is 69.8 Å². The second kappa shape index (κ2) is 9.94. The Morgan fingerprint density at radius 1 is 0.324 bits per heavy atom. The third-order valence-electron chi connectivity index (χ3n) is 5.25. The highest BCUT2D eigenvalue weighted by Gasteiger charge is 2.43. The van der Waals surface area contributed by atoms with Gasteiger partial charge in [0.2, 0.25) is 34.9 Å². The lowest BCUT2D eigenvalue weighted by Gasteiger charge is -2.24. The first kappa shape index (κ1) is 27.8. The zero-order chi connectivity index (χ0) is 28.1. The molecule has 0 aliphatic rings. The van der Waals surface area contributed by atoms with E-state index in [0.29, 0.717) is 21.3 Å². The fraction of sp³-hybridized carbons (Fsp3) is 0.182. The van der Waals surface area contributed by atoms with Crippen molar-refractivity contribution in [3.05, 3.63) is 86.5 Å². The summed E-state index contributed by atoms with van der Waals surface area (Å²) in [6.45, 7) is 0. The van der Waals surface area contributed by atoms with E-state index in [2.05, 4.69) is 14.2 Å². The van der Waals surface area contributed by atoms with Crippen molar-refractivity contribution >= 4 is 0 Å². The van der Waals surface area contributed by atoms with Gasteiger partial charge in [0.1, 0.15) is 0 Å². The third-order valence-corrected chi connectivity index (χ3v) is 5.25. The summed E-state index contributed by atoms with van der Waals surface area (Å²) in [5.41, 5.74) is -7.00. The maximum atomic E-state index is 15.0. The summed E-state index contributed by atoms with van der Waals surface area (Å²) in [5, 5.41) is 0. The summed E-state index contributed by atoms with van der Waals surface area (Å²) in [6.07, 6.45) is 0. The maximum absolute atomic E-state index is 15.0. The Bertz CT molecular complexity index is 1170. The monoisotopic (exact) mass is 550 g/mol. The molecule has 0 saturated carbocycles. The van der Waals surface area contributed by atoms with Gasteiger partial charge >= 0.3 is 0 Å². The largest absolute Gasteiger partial charge is 0.491 e. The molecule has 0 amide bonds. The van der Waals surface area contributed by atoms with Crippen molar-refractivity contribution in [2.24, 2.45) is 0 Å². The van der Waals surface area contributed by atoms with E-state index < -0.39 is 110 Å². The molecule has 200 valence electrons. The van der Waals surface area contributed by atoms with Gasteiger partial charge in [0.25, 0.3) is 0 Å². The van der Waals surface area contributed by atoms with Gasteiger partial charge in [-0.05, 0) is 0 Å². The molecule has 0 saturated heterocycles. The van der Waals surface area contributed by atoms with Gasteiger partial charge in [-0.3, -0.25) is 0 Å². The molecule has 3 nitrogen and oxygen atoms in total. The van der Waals surface area contributed by atoms with Gasteiger partial charge in [0.05, 0.1) is 27.2 Å². The van der Waals surface area contributed by atoms with E-state index in [-0.39, 0.29) is 0 Å². The minimum atomic E-state index is -3.63. The van der Waals surface area contributed by atoms with Crippen LogP contribution in [0.4, 0.5) is 52.7 Å². The molecule has 15 heteroatoms. The first-order valence-electron chi connectivity index (χ1n) is 9.47. The Balaban J connectivity index is 2.67. The maximum Gasteiger partial charge on any atom is 0.204 e. The van der Waals surface area contributed by atoms with Crippen molar-refractivity contribution in [2.45, 2.75) is 5.92 Å². The predicted octanol–water partition coefficient (Wildman–Crippen LogP) is 6.56. The number of ether oxygens (including phenoxy) is 3. The molecular formula is C22H10F12O3. The van der Waals surface area contributed by atoms with Gasteiger partial charge in [-0.2, -0.15) is 26.3 Å². The average Bonchev–Trinajstić information content (AvgIpc) is 2.86. The molecule has 0 bridgehead atoms. The fourth-order valence-corrected chi connectivity index (χ4v) is 3.62. The first-order valence-corrected chi connectivity index (χ1v) is 9.47. The van der Waals surface area contributed by atoms with Crippen LogP contribution >= 0.6 is 0 Å². The second-order valence-corrected chi connectivity index (χ2v) is 7.04. The van der Waals surface area contributed by atoms with Crippen molar-refractivity contribution in [1.82, 2.24) is 0 Å². The lowest BCUT2D eigenvalue weighted by molar-refractivity contribution is 0.316. The predicted molar refractivity (Wildman–Crippen MR) is 99.4 cm³/mol. The number of methoxy groups -OCH3 is 3. The molecule has 0 aliphatic carbocycles. The van der Waals surface area contributed by atoms with Crippen LogP contribution in [0.3, 0.4) is 0 Å². The molecule has 0 radical (unpaired) electrons. The smallest absolute Gasteiger partial charge is 0.204 e. The average molecular weight is 550 g/mol. The molecule has 3 rings (SSSR count). The van der Waals surface area contributed by atoms with E-state index in [1.165, 1.54) is 0 Å². The summed E-state index contributed by atoms with van der Waals surface area (Å²) < 4.78 is 189. The third kappa shape index (κ3) is 3.96. The highest BCUT2D eigenvalue weighted by atomic mass is 19.2. The Labute approximate surface area is 198 Å². The van der Waals surface area contributed by atoms with Crippen LogP contribution in [0.25, 0.3) is 0 Å². The lowest BCUT2D eigenvalue weighted by atomic mass is 9.82. The highest BCUT2D eigenvalue weighted by Crippen LogP contribution is 2.47. The molecule has 0 spiro atoms. The van der Waals surface area contributed by atoms with E-state index >= 15 is 0 Å². The van der Waals surface area contributed by atoms with Crippen molar-refractivity contribution < 1.29 is 66.9 Å². The summed E-state index contributed by atoms with van der Waals surface area (Å²) >= 11 is 0. The molecule has 0 N–H and O–H groups in total. The number of hydrogen-bond donors (Lipinski definition) is 0. The highest BCUT2D eigenvalue weighted by molar-refractivity contribution is 5.52. The van der Waals surface area contributed by atoms with Gasteiger partial charge in [0, 0.05) is 16.7 Å². The molecule has 3 aromatic carbocycles. The summed E-state index contributed by atoms with van der Waals surface area (Å²) in [4.78, 5) is 0. The van der Waals surface area contributed by atoms with Crippen molar-refractivity contribution in [3.63, 3.8) is 0 Å². The minimum absolute atomic E-state index is 0.526. The van der Waals surface area contributed by atoms with Crippen LogP contribution in [0.1, 0.15) is 22.6 Å². The van der Waals surface area contributed by atoms with E-state index in [4.69, 9.17) is 0 Å². The molecule has 0 heterocycles. The number of halogens is 12. The van der Waals surface area contributed by atoms with Crippen molar-refractivity contribution in [3.8, 4) is 17.2 Å². The number of hydrogen-bond acceptors (Lipinski definition) is 3. The number of rotatable bonds is 6. The Morgan fingerprint density at radius 2 is 0.486 bits per heavy atom. The SMILES string of the molecule is COc1c(F)c(F)c(C(c2c(F)c(F)c(OC)c(F)c2F)c2c(F)c(F)c(OC)c(F)c2F)c(F)c1F. The molecule has 0 unspecified atom stereocenters. The molecular weight excluding hydrogens is 540 g/mol. The van der Waals surface area contributed by atoms with Crippen LogP contribution < -0.4 is 14.2 Å². The van der Waals surface area contributed by atoms with Crippen LogP contribution in [0.5, 0.6) is 17.2 Å². The van der Waals surface area contributed by atoms with Gasteiger partial charge in [-0.15, -0.1) is 0 Å². The van der Waals surface area contributed by atoms with Crippen molar-refractivity contribution in [1.29, 1.82) is 0 Å². The Hall–Kier alpha value is -3.78. The van der Waals surface area contributed by atoms with Crippen molar-refractivity contribution in [2.75, 3.05) is 21.3 Å². The van der Waals surface area contributed by atoms with E-state index in [1.54, 1.807) is 0 Å². The Morgan fingerprint density at radius 3 is 0.622 bits per heavy atom. The summed E-state index contributed by atoms with van der Waals surface area (Å²) in [7, 11) is 1.58. The standard InChI is InChI=1S/C22H10F12O3/c1-35-20-14(29)8(23)5(9(24)15(20)30)4(6-10(25)16(31)21(36-2)17(32)11(6)26)7-12(27)18(33)22(37-3)19(34)13(7)28/h4H,1-3H3. The van der Waals surface area contributed by atoms with Crippen LogP contribution in [0.15, 0.2) is 0 Å². The zero-order valence-corrected chi connectivity index (χ0v) is 18.3. The molecule has 0 aliphatic heterocycles. The minimum Gasteiger partial charge on any atom is -0.491 e. The fourth-order valence-electron chi connectivity index (χ4n) is 3.62. The second-order valence-electron chi connectivity index (χ2n) is 7.04. The number of benzene rings is 3. The van der Waals surface area contributed by atoms with Gasteiger partial charge < -0.3 is 14.2 Å². The van der Waals surface area contributed by atoms with E-state index in [9.17, 15) is 52.7 Å². The molecule has 0 aromatic heterocycles. The van der Waals surface area contributed by atoms with E-state index in [1.807, 2.05) is 0 Å². The van der Waals surface area contributed by atoms with Crippen LogP contribution in [-0.2, 0) is 0 Å². The van der Waals surface area contributed by atoms with Gasteiger partial charge in [-0.25, -0.2) is 26.3 Å². The quantitative estimate of drug-likeness (QED) is 0.198. The lowest BCUT2D eigenvalue weighted by Crippen LogP contribution is -2.21. The zero-order valence-electron chi connectivity index (χ0n) is 18.3. The summed E-state index contributed by atoms with van der Waals surface area (Å²) in [6, 6.07) is 0. The molecule has 0 atom stereocenters. The van der Waals surface area contributed by atoms with Gasteiger partial charge in [0.15, 0.2) is 52.2 Å².